The molecule has 134 valence electrons. The number of anilines is 2. The van der Waals surface area contributed by atoms with E-state index < -0.39 is 0 Å². The van der Waals surface area contributed by atoms with E-state index in [9.17, 15) is 4.79 Å². The largest absolute Gasteiger partial charge is 0.467 e. The maximum Gasteiger partial charge on any atom is 0.259 e. The van der Waals surface area contributed by atoms with E-state index in [0.29, 0.717) is 29.6 Å². The fourth-order valence-corrected chi connectivity index (χ4v) is 3.58. The number of carbonyl (C=O) groups excluding carboxylic acids is 1. The Morgan fingerprint density at radius 3 is 2.96 bits per heavy atom. The lowest BCUT2D eigenvalue weighted by Gasteiger charge is -2.24. The number of hydrogen-bond acceptors (Lipinski definition) is 3. The lowest BCUT2D eigenvalue weighted by Crippen LogP contribution is -2.29. The second-order valence-electron chi connectivity index (χ2n) is 6.75. The summed E-state index contributed by atoms with van der Waals surface area (Å²) >= 11 is 0. The van der Waals surface area contributed by atoms with Gasteiger partial charge in [0.05, 0.1) is 18.4 Å². The van der Waals surface area contributed by atoms with Gasteiger partial charge in [-0.25, -0.2) is 0 Å². The normalized spacial score (nSPS) is 15.3. The van der Waals surface area contributed by atoms with Crippen molar-refractivity contribution in [2.24, 2.45) is 0 Å². The van der Waals surface area contributed by atoms with E-state index in [2.05, 4.69) is 41.3 Å². The summed E-state index contributed by atoms with van der Waals surface area (Å²) in [5, 5.41) is 2.90. The van der Waals surface area contributed by atoms with Crippen molar-refractivity contribution >= 4 is 17.3 Å². The number of hydrogen-bond donors (Lipinski definition) is 1. The Kier molecular flexibility index (Phi) is 4.43. The Morgan fingerprint density at radius 1 is 1.26 bits per heavy atom. The van der Waals surface area contributed by atoms with Crippen LogP contribution in [0.2, 0.25) is 0 Å². The summed E-state index contributed by atoms with van der Waals surface area (Å²) < 4.78 is 5.66. The zero-order valence-electron chi connectivity index (χ0n) is 15.1. The predicted molar refractivity (Wildman–Crippen MR) is 107 cm³/mol. The minimum absolute atomic E-state index is 0.201. The third-order valence-corrected chi connectivity index (χ3v) is 4.94. The van der Waals surface area contributed by atoms with Crippen molar-refractivity contribution in [3.05, 3.63) is 83.3 Å². The number of fused-ring (bicyclic) bond motifs is 1. The molecule has 0 radical (unpaired) electrons. The fourth-order valence-electron chi connectivity index (χ4n) is 3.58. The highest BCUT2D eigenvalue weighted by Crippen LogP contribution is 2.33. The van der Waals surface area contributed by atoms with E-state index in [1.165, 1.54) is 11.3 Å². The van der Waals surface area contributed by atoms with Crippen LogP contribution in [-0.4, -0.2) is 11.9 Å². The summed E-state index contributed by atoms with van der Waals surface area (Å²) in [4.78, 5) is 15.0. The average Bonchev–Trinajstić information content (AvgIpc) is 3.27. The predicted octanol–water partition coefficient (Wildman–Crippen LogP) is 4.46. The summed E-state index contributed by atoms with van der Waals surface area (Å²) in [6, 6.07) is 17.7. The standard InChI is InChI=1S/C23H20N2O2/c1-3-17-7-6-9-19(14-17)24-23(26)20-11-12-27-22(20)15-25-16(2)13-18-8-4-5-10-21(18)25/h1,4-12,14,16H,13,15H2,2H3,(H,24,26). The number of amides is 1. The van der Waals surface area contributed by atoms with Crippen molar-refractivity contribution in [1.82, 2.24) is 0 Å². The van der Waals surface area contributed by atoms with Gasteiger partial charge in [-0.1, -0.05) is 30.2 Å². The molecule has 4 heteroatoms. The molecule has 0 saturated carbocycles. The highest BCUT2D eigenvalue weighted by Gasteiger charge is 2.28. The molecule has 27 heavy (non-hydrogen) atoms. The Hall–Kier alpha value is -3.45. The quantitative estimate of drug-likeness (QED) is 0.702. The molecule has 0 spiro atoms. The second kappa shape index (κ2) is 7.05. The molecule has 1 unspecified atom stereocenters. The molecule has 4 rings (SSSR count). The second-order valence-corrected chi connectivity index (χ2v) is 6.75. The minimum atomic E-state index is -0.201. The number of rotatable bonds is 4. The maximum absolute atomic E-state index is 12.8. The molecule has 1 aromatic heterocycles. The number of para-hydroxylation sites is 1. The minimum Gasteiger partial charge on any atom is -0.467 e. The van der Waals surface area contributed by atoms with Crippen molar-refractivity contribution in [2.75, 3.05) is 10.2 Å². The highest BCUT2D eigenvalue weighted by molar-refractivity contribution is 6.05. The van der Waals surface area contributed by atoms with Crippen LogP contribution >= 0.6 is 0 Å². The maximum atomic E-state index is 12.8. The summed E-state index contributed by atoms with van der Waals surface area (Å²) in [5.41, 5.74) is 4.46. The van der Waals surface area contributed by atoms with Crippen molar-refractivity contribution in [3.63, 3.8) is 0 Å². The van der Waals surface area contributed by atoms with Gasteiger partial charge in [0.1, 0.15) is 5.76 Å². The molecule has 3 aromatic rings. The van der Waals surface area contributed by atoms with Gasteiger partial charge in [0, 0.05) is 23.0 Å². The van der Waals surface area contributed by atoms with Crippen LogP contribution in [0.1, 0.15) is 34.2 Å². The molecule has 0 saturated heterocycles. The SMILES string of the molecule is C#Cc1cccc(NC(=O)c2ccoc2CN2c3ccccc3CC2C)c1. The molecule has 0 fully saturated rings. The highest BCUT2D eigenvalue weighted by atomic mass is 16.3. The van der Waals surface area contributed by atoms with Crippen LogP contribution in [0.15, 0.2) is 65.3 Å². The fraction of sp³-hybridized carbons (Fsp3) is 0.174. The van der Waals surface area contributed by atoms with Gasteiger partial charge in [0.2, 0.25) is 0 Å². The van der Waals surface area contributed by atoms with Crippen molar-refractivity contribution in [2.45, 2.75) is 25.9 Å². The van der Waals surface area contributed by atoms with Gasteiger partial charge in [-0.15, -0.1) is 6.42 Å². The average molecular weight is 356 g/mol. The summed E-state index contributed by atoms with van der Waals surface area (Å²) in [6.45, 7) is 2.74. The number of nitrogens with one attached hydrogen (secondary N) is 1. The van der Waals surface area contributed by atoms with Crippen molar-refractivity contribution < 1.29 is 9.21 Å². The van der Waals surface area contributed by atoms with Crippen LogP contribution in [0.3, 0.4) is 0 Å². The van der Waals surface area contributed by atoms with E-state index in [-0.39, 0.29) is 5.91 Å². The molecule has 1 aliphatic heterocycles. The smallest absolute Gasteiger partial charge is 0.259 e. The van der Waals surface area contributed by atoms with E-state index in [1.54, 1.807) is 18.4 Å². The van der Waals surface area contributed by atoms with Crippen molar-refractivity contribution in [3.8, 4) is 12.3 Å². The van der Waals surface area contributed by atoms with Gasteiger partial charge in [-0.3, -0.25) is 4.79 Å². The molecule has 1 aliphatic rings. The Balaban J connectivity index is 1.55. The molecule has 1 amide bonds. The summed E-state index contributed by atoms with van der Waals surface area (Å²) in [7, 11) is 0. The zero-order valence-corrected chi connectivity index (χ0v) is 15.1. The number of nitrogens with zero attached hydrogens (tertiary/aromatic N) is 1. The van der Waals surface area contributed by atoms with Gasteiger partial charge in [-0.05, 0) is 49.2 Å². The van der Waals surface area contributed by atoms with Crippen LogP contribution in [-0.2, 0) is 13.0 Å². The van der Waals surface area contributed by atoms with Crippen LogP contribution in [0, 0.1) is 12.3 Å². The third kappa shape index (κ3) is 3.32. The molecular formula is C23H20N2O2. The van der Waals surface area contributed by atoms with E-state index in [4.69, 9.17) is 10.8 Å². The lowest BCUT2D eigenvalue weighted by atomic mass is 10.1. The number of benzene rings is 2. The topological polar surface area (TPSA) is 45.5 Å². The molecule has 2 heterocycles. The first kappa shape index (κ1) is 17.0. The third-order valence-electron chi connectivity index (χ3n) is 4.94. The van der Waals surface area contributed by atoms with Crippen LogP contribution in [0.5, 0.6) is 0 Å². The van der Waals surface area contributed by atoms with E-state index >= 15 is 0 Å². The van der Waals surface area contributed by atoms with Gasteiger partial charge in [0.15, 0.2) is 0 Å². The number of terminal acetylenes is 1. The van der Waals surface area contributed by atoms with E-state index in [0.717, 1.165) is 12.0 Å². The van der Waals surface area contributed by atoms with Gasteiger partial charge < -0.3 is 14.6 Å². The van der Waals surface area contributed by atoms with Crippen molar-refractivity contribution in [1.29, 1.82) is 0 Å². The first-order chi connectivity index (χ1) is 13.2. The lowest BCUT2D eigenvalue weighted by molar-refractivity contribution is 0.102. The van der Waals surface area contributed by atoms with Gasteiger partial charge in [-0.2, -0.15) is 0 Å². The van der Waals surface area contributed by atoms with Crippen LogP contribution in [0.25, 0.3) is 0 Å². The molecule has 4 nitrogen and oxygen atoms in total. The van der Waals surface area contributed by atoms with Crippen LogP contribution < -0.4 is 10.2 Å². The Morgan fingerprint density at radius 2 is 2.11 bits per heavy atom. The first-order valence-electron chi connectivity index (χ1n) is 8.94. The zero-order chi connectivity index (χ0) is 18.8. The summed E-state index contributed by atoms with van der Waals surface area (Å²) in [6.07, 6.45) is 7.99. The number of furan rings is 1. The summed E-state index contributed by atoms with van der Waals surface area (Å²) in [5.74, 6) is 3.03. The molecule has 1 atom stereocenters. The molecule has 0 bridgehead atoms. The van der Waals surface area contributed by atoms with Gasteiger partial charge >= 0.3 is 0 Å². The molecule has 2 aromatic carbocycles. The monoisotopic (exact) mass is 356 g/mol. The Bertz CT molecular complexity index is 1030. The molecule has 1 N–H and O–H groups in total. The Labute approximate surface area is 158 Å². The molecular weight excluding hydrogens is 336 g/mol. The van der Waals surface area contributed by atoms with Gasteiger partial charge in [0.25, 0.3) is 5.91 Å². The van der Waals surface area contributed by atoms with E-state index in [1.807, 2.05) is 24.3 Å². The van der Waals surface area contributed by atoms with Crippen LogP contribution in [0.4, 0.5) is 11.4 Å². The molecule has 0 aliphatic carbocycles. The first-order valence-corrected chi connectivity index (χ1v) is 8.94. The number of carbonyl (C=O) groups is 1.